The van der Waals surface area contributed by atoms with Crippen LogP contribution in [-0.4, -0.2) is 52.3 Å². The molecule has 1 aliphatic rings. The second-order valence-corrected chi connectivity index (χ2v) is 7.60. The highest BCUT2D eigenvalue weighted by atomic mass is 16.4. The van der Waals surface area contributed by atoms with Crippen LogP contribution in [0, 0.1) is 5.92 Å². The normalized spacial score (nSPS) is 22.4. The Labute approximate surface area is 165 Å². The number of carboxylic acid groups (broad SMARTS) is 1. The number of aliphatic hydroxyl groups is 1. The fourth-order valence-corrected chi connectivity index (χ4v) is 3.98. The van der Waals surface area contributed by atoms with Crippen LogP contribution in [0.25, 0.3) is 10.9 Å². The Morgan fingerprint density at radius 2 is 2.14 bits per heavy atom. The van der Waals surface area contributed by atoms with Crippen LogP contribution in [0.3, 0.4) is 0 Å². The van der Waals surface area contributed by atoms with E-state index in [1.54, 1.807) is 12.3 Å². The third-order valence-electron chi connectivity index (χ3n) is 5.89. The monoisotopic (exact) mass is 383 g/mol. The predicted octanol–water partition coefficient (Wildman–Crippen LogP) is 1.32. The number of carbonyl (C=O) groups is 1. The van der Waals surface area contributed by atoms with Crippen LogP contribution in [0.2, 0.25) is 5.82 Å². The number of aliphatic carboxylic acids is 1. The van der Waals surface area contributed by atoms with Gasteiger partial charge in [0.2, 0.25) is 0 Å². The minimum Gasteiger partial charge on any atom is -0.508 e. The Bertz CT molecular complexity index is 843. The van der Waals surface area contributed by atoms with Gasteiger partial charge in [-0.2, -0.15) is 0 Å². The van der Waals surface area contributed by atoms with Gasteiger partial charge in [0.15, 0.2) is 0 Å². The Kier molecular flexibility index (Phi) is 6.22. The number of fused-ring (bicyclic) bond motifs is 1. The fraction of sp³-hybridized carbons (Fsp3) is 0.500. The van der Waals surface area contributed by atoms with Crippen molar-refractivity contribution in [3.63, 3.8) is 0 Å². The molecule has 28 heavy (non-hydrogen) atoms. The first-order valence-electron chi connectivity index (χ1n) is 9.55. The number of phenolic OH excluding ortho intramolecular Hbond substituents is 1. The zero-order valence-corrected chi connectivity index (χ0v) is 15.7. The maximum atomic E-state index is 11.8. The van der Waals surface area contributed by atoms with Crippen molar-refractivity contribution in [1.82, 2.24) is 10.3 Å². The molecule has 148 valence electrons. The third-order valence-corrected chi connectivity index (χ3v) is 5.89. The van der Waals surface area contributed by atoms with Crippen molar-refractivity contribution < 1.29 is 20.1 Å². The Balaban J connectivity index is 1.63. The number of carboxylic acids is 1. The van der Waals surface area contributed by atoms with Crippen molar-refractivity contribution in [1.29, 1.82) is 0 Å². The number of aliphatic hydroxyl groups excluding tert-OH is 1. The zero-order valence-electron chi connectivity index (χ0n) is 15.7. The fourth-order valence-electron chi connectivity index (χ4n) is 3.98. The average molecular weight is 383 g/mol. The second kappa shape index (κ2) is 8.47. The molecule has 0 aliphatic heterocycles. The smallest absolute Gasteiger partial charge is 0.323 e. The van der Waals surface area contributed by atoms with Crippen LogP contribution in [0.4, 0.5) is 0 Å². The average Bonchev–Trinajstić information content (AvgIpc) is 2.65. The van der Waals surface area contributed by atoms with Crippen LogP contribution >= 0.6 is 0 Å². The van der Waals surface area contributed by atoms with E-state index in [0.29, 0.717) is 32.2 Å². The Morgan fingerprint density at radius 3 is 2.82 bits per heavy atom. The molecule has 0 spiro atoms. The molecule has 1 aromatic carbocycles. The molecule has 0 amide bonds. The van der Waals surface area contributed by atoms with Crippen LogP contribution in [0.15, 0.2) is 30.5 Å². The van der Waals surface area contributed by atoms with E-state index in [1.807, 2.05) is 18.2 Å². The minimum absolute atomic E-state index is 0.0409. The van der Waals surface area contributed by atoms with Crippen molar-refractivity contribution >= 4 is 24.7 Å². The summed E-state index contributed by atoms with van der Waals surface area (Å²) in [5, 5.41) is 33.1. The van der Waals surface area contributed by atoms with E-state index in [0.717, 1.165) is 16.5 Å². The highest BCUT2D eigenvalue weighted by Gasteiger charge is 2.51. The molecule has 6 N–H and O–H groups in total. The van der Waals surface area contributed by atoms with Gasteiger partial charge in [-0.05, 0) is 49.2 Å². The Hall–Kier alpha value is -2.16. The number of nitrogens with zero attached hydrogens (tertiary/aromatic N) is 1. The van der Waals surface area contributed by atoms with Crippen molar-refractivity contribution in [2.45, 2.75) is 49.6 Å². The number of benzene rings is 1. The highest BCUT2D eigenvalue weighted by Crippen LogP contribution is 2.42. The maximum absolute atomic E-state index is 11.8. The van der Waals surface area contributed by atoms with Crippen LogP contribution in [0.1, 0.15) is 31.2 Å². The molecule has 1 heterocycles. The van der Waals surface area contributed by atoms with Gasteiger partial charge < -0.3 is 26.4 Å². The van der Waals surface area contributed by atoms with Crippen LogP contribution < -0.4 is 11.1 Å². The number of aromatic nitrogens is 1. The predicted molar refractivity (Wildman–Crippen MR) is 107 cm³/mol. The van der Waals surface area contributed by atoms with Crippen molar-refractivity contribution in [3.8, 4) is 5.75 Å². The van der Waals surface area contributed by atoms with Gasteiger partial charge in [-0.3, -0.25) is 9.78 Å². The summed E-state index contributed by atoms with van der Waals surface area (Å²) < 4.78 is 0. The van der Waals surface area contributed by atoms with E-state index >= 15 is 0 Å². The highest BCUT2D eigenvalue weighted by molar-refractivity contribution is 6.15. The van der Waals surface area contributed by atoms with Gasteiger partial charge in [0.1, 0.15) is 11.3 Å². The van der Waals surface area contributed by atoms with Gasteiger partial charge in [0.05, 0.1) is 13.4 Å². The molecule has 0 saturated heterocycles. The van der Waals surface area contributed by atoms with Gasteiger partial charge in [0.25, 0.3) is 0 Å². The Morgan fingerprint density at radius 1 is 1.39 bits per heavy atom. The van der Waals surface area contributed by atoms with Gasteiger partial charge in [-0.1, -0.05) is 12.5 Å². The first-order chi connectivity index (χ1) is 13.4. The summed E-state index contributed by atoms with van der Waals surface area (Å²) in [7, 11) is 6.06. The maximum Gasteiger partial charge on any atom is 0.323 e. The summed E-state index contributed by atoms with van der Waals surface area (Å²) in [5.74, 6) is -1.87. The number of pyridine rings is 1. The molecule has 2 atom stereocenters. The molecule has 1 fully saturated rings. The van der Waals surface area contributed by atoms with Crippen LogP contribution in [-0.2, 0) is 11.3 Å². The molecule has 0 bridgehead atoms. The van der Waals surface area contributed by atoms with E-state index in [4.69, 9.17) is 18.7 Å². The number of hydrogen-bond donors (Lipinski definition) is 5. The number of nitrogens with two attached hydrogens (primary N) is 1. The van der Waals surface area contributed by atoms with Crippen molar-refractivity contribution in [2.75, 3.05) is 6.61 Å². The van der Waals surface area contributed by atoms with Crippen molar-refractivity contribution in [3.05, 3.63) is 36.0 Å². The van der Waals surface area contributed by atoms with Gasteiger partial charge in [0, 0.05) is 36.3 Å². The number of rotatable bonds is 9. The summed E-state index contributed by atoms with van der Waals surface area (Å²) in [5.41, 5.74) is 6.18. The number of nitrogens with one attached hydrogen (secondary N) is 1. The van der Waals surface area contributed by atoms with E-state index in [9.17, 15) is 15.0 Å². The topological polar surface area (TPSA) is 129 Å². The summed E-state index contributed by atoms with van der Waals surface area (Å²) >= 11 is 0. The molecule has 8 heteroatoms. The van der Waals surface area contributed by atoms with E-state index in [1.165, 1.54) is 0 Å². The lowest BCUT2D eigenvalue weighted by Gasteiger charge is -2.48. The molecule has 1 aromatic heterocycles. The molecule has 2 aromatic rings. The molecular formula is C20H26BN3O4. The summed E-state index contributed by atoms with van der Waals surface area (Å²) in [6.07, 6.45) is 3.66. The van der Waals surface area contributed by atoms with Gasteiger partial charge >= 0.3 is 5.97 Å². The lowest BCUT2D eigenvalue weighted by atomic mass is 9.57. The van der Waals surface area contributed by atoms with Crippen LogP contribution in [0.5, 0.6) is 5.75 Å². The SMILES string of the molecule is [B]C(CCCO)C(N)(C(=O)O)C1CC(NCc2c(O)ccc3cccnc23)C1. The molecule has 7 nitrogen and oxygen atoms in total. The van der Waals surface area contributed by atoms with Crippen molar-refractivity contribution in [2.24, 2.45) is 11.7 Å². The molecule has 2 radical (unpaired) electrons. The summed E-state index contributed by atoms with van der Waals surface area (Å²) in [4.78, 5) is 16.2. The van der Waals surface area contributed by atoms with Gasteiger partial charge in [-0.25, -0.2) is 0 Å². The van der Waals surface area contributed by atoms with E-state index in [-0.39, 0.29) is 24.3 Å². The molecular weight excluding hydrogens is 357 g/mol. The lowest BCUT2D eigenvalue weighted by molar-refractivity contribution is -0.148. The minimum atomic E-state index is -1.50. The van der Waals surface area contributed by atoms with Gasteiger partial charge in [-0.15, -0.1) is 0 Å². The molecule has 2 unspecified atom stereocenters. The first kappa shape index (κ1) is 20.6. The standard InChI is InChI=1S/C20H26BN3O4/c21-17(4-2-8-25)20(22,19(27)28)13-9-14(10-13)24-11-15-16(26)6-5-12-3-1-7-23-18(12)15/h1,3,5-7,13-14,17,24-26H,2,4,8-11,22H2,(H,27,28). The number of hydrogen-bond acceptors (Lipinski definition) is 6. The summed E-state index contributed by atoms with van der Waals surface area (Å²) in [6, 6.07) is 7.36. The third kappa shape index (κ3) is 3.85. The zero-order chi connectivity index (χ0) is 20.3. The molecule has 3 rings (SSSR count). The largest absolute Gasteiger partial charge is 0.508 e. The number of phenols is 1. The second-order valence-electron chi connectivity index (χ2n) is 7.60. The molecule has 1 saturated carbocycles. The molecule has 1 aliphatic carbocycles. The number of aromatic hydroxyl groups is 1. The first-order valence-corrected chi connectivity index (χ1v) is 9.55. The van der Waals surface area contributed by atoms with E-state index < -0.39 is 17.3 Å². The summed E-state index contributed by atoms with van der Waals surface area (Å²) in [6.45, 7) is 0.388. The van der Waals surface area contributed by atoms with E-state index in [2.05, 4.69) is 10.3 Å². The quantitative estimate of drug-likeness (QED) is 0.413. The lowest BCUT2D eigenvalue weighted by Crippen LogP contribution is -2.63.